The number of hydrogen-bond donors (Lipinski definition) is 0. The molecule has 0 aliphatic rings. The van der Waals surface area contributed by atoms with Crippen molar-refractivity contribution in [2.75, 3.05) is 14.1 Å². The Hall–Kier alpha value is -1.16. The average molecular weight is 234 g/mol. The van der Waals surface area contributed by atoms with Crippen LogP contribution in [0.4, 0.5) is 8.78 Å². The molecule has 0 bridgehead atoms. The van der Waals surface area contributed by atoms with Gasteiger partial charge in [0.2, 0.25) is 5.91 Å². The highest BCUT2D eigenvalue weighted by atomic mass is 35.5. The molecular weight excluding hydrogens is 224 g/mol. The van der Waals surface area contributed by atoms with E-state index in [9.17, 15) is 13.6 Å². The standard InChI is InChI=1S/C10H10ClF2NO/c1-14(2)10(15)9(11)6-3-4-7(12)8(13)5-6/h3-5,9H,1-2H3. The Bertz CT molecular complexity index is 382. The number of rotatable bonds is 2. The lowest BCUT2D eigenvalue weighted by atomic mass is 10.1. The molecule has 5 heteroatoms. The van der Waals surface area contributed by atoms with E-state index in [2.05, 4.69) is 0 Å². The smallest absolute Gasteiger partial charge is 0.244 e. The van der Waals surface area contributed by atoms with Crippen molar-refractivity contribution in [3.8, 4) is 0 Å². The first-order valence-electron chi connectivity index (χ1n) is 4.23. The fourth-order valence-corrected chi connectivity index (χ4v) is 1.37. The van der Waals surface area contributed by atoms with Crippen LogP contribution in [0.25, 0.3) is 0 Å². The van der Waals surface area contributed by atoms with E-state index in [4.69, 9.17) is 11.6 Å². The van der Waals surface area contributed by atoms with Crippen LogP contribution < -0.4 is 0 Å². The number of carbonyl (C=O) groups is 1. The molecule has 1 rings (SSSR count). The predicted molar refractivity (Wildman–Crippen MR) is 53.6 cm³/mol. The van der Waals surface area contributed by atoms with Gasteiger partial charge < -0.3 is 4.90 Å². The van der Waals surface area contributed by atoms with Crippen LogP contribution in [-0.2, 0) is 4.79 Å². The lowest BCUT2D eigenvalue weighted by Gasteiger charge is -2.15. The van der Waals surface area contributed by atoms with Crippen LogP contribution in [0.5, 0.6) is 0 Å². The summed E-state index contributed by atoms with van der Waals surface area (Å²) in [7, 11) is 3.08. The second-order valence-corrected chi connectivity index (χ2v) is 3.71. The Labute approximate surface area is 91.4 Å². The minimum absolute atomic E-state index is 0.245. The van der Waals surface area contributed by atoms with Crippen LogP contribution in [0.1, 0.15) is 10.9 Å². The summed E-state index contributed by atoms with van der Waals surface area (Å²) >= 11 is 5.80. The van der Waals surface area contributed by atoms with Gasteiger partial charge in [-0.25, -0.2) is 8.78 Å². The van der Waals surface area contributed by atoms with Gasteiger partial charge in [-0.3, -0.25) is 4.79 Å². The van der Waals surface area contributed by atoms with Crippen LogP contribution in [0.3, 0.4) is 0 Å². The molecule has 0 saturated heterocycles. The molecule has 0 spiro atoms. The monoisotopic (exact) mass is 233 g/mol. The summed E-state index contributed by atoms with van der Waals surface area (Å²) in [6.07, 6.45) is 0. The minimum atomic E-state index is -1.01. The molecular formula is C10H10ClF2NO. The number of benzene rings is 1. The van der Waals surface area contributed by atoms with Gasteiger partial charge in [-0.15, -0.1) is 11.6 Å². The van der Waals surface area contributed by atoms with E-state index in [1.54, 1.807) is 0 Å². The summed E-state index contributed by atoms with van der Waals surface area (Å²) in [4.78, 5) is 12.7. The van der Waals surface area contributed by atoms with Gasteiger partial charge in [-0.05, 0) is 17.7 Å². The maximum absolute atomic E-state index is 12.8. The van der Waals surface area contributed by atoms with Crippen molar-refractivity contribution in [1.29, 1.82) is 0 Å². The van der Waals surface area contributed by atoms with E-state index in [0.717, 1.165) is 12.1 Å². The number of hydrogen-bond acceptors (Lipinski definition) is 1. The molecule has 0 aromatic heterocycles. The Morgan fingerprint density at radius 1 is 1.33 bits per heavy atom. The summed E-state index contributed by atoms with van der Waals surface area (Å²) < 4.78 is 25.5. The van der Waals surface area contributed by atoms with Gasteiger partial charge in [-0.2, -0.15) is 0 Å². The Morgan fingerprint density at radius 3 is 2.40 bits per heavy atom. The molecule has 0 fully saturated rings. The second-order valence-electron chi connectivity index (χ2n) is 3.27. The summed E-state index contributed by atoms with van der Waals surface area (Å²) in [6.45, 7) is 0. The minimum Gasteiger partial charge on any atom is -0.347 e. The van der Waals surface area contributed by atoms with Crippen LogP contribution in [0.15, 0.2) is 18.2 Å². The number of carbonyl (C=O) groups excluding carboxylic acids is 1. The first-order chi connectivity index (χ1) is 6.93. The highest BCUT2D eigenvalue weighted by Crippen LogP contribution is 2.23. The molecule has 0 radical (unpaired) electrons. The van der Waals surface area contributed by atoms with Crippen molar-refractivity contribution in [2.45, 2.75) is 5.38 Å². The maximum atomic E-state index is 12.8. The molecule has 0 aliphatic carbocycles. The molecule has 2 nitrogen and oxygen atoms in total. The van der Waals surface area contributed by atoms with Gasteiger partial charge >= 0.3 is 0 Å². The van der Waals surface area contributed by atoms with Crippen molar-refractivity contribution >= 4 is 17.5 Å². The first kappa shape index (κ1) is 11.9. The predicted octanol–water partition coefficient (Wildman–Crippen LogP) is 2.33. The third kappa shape index (κ3) is 2.65. The third-order valence-electron chi connectivity index (χ3n) is 1.89. The van der Waals surface area contributed by atoms with E-state index in [1.165, 1.54) is 25.1 Å². The SMILES string of the molecule is CN(C)C(=O)C(Cl)c1ccc(F)c(F)c1. The maximum Gasteiger partial charge on any atom is 0.244 e. The van der Waals surface area contributed by atoms with E-state index in [0.29, 0.717) is 0 Å². The van der Waals surface area contributed by atoms with E-state index < -0.39 is 17.0 Å². The summed E-state index contributed by atoms with van der Waals surface area (Å²) in [5, 5.41) is -0.991. The number of likely N-dealkylation sites (N-methyl/N-ethyl adjacent to an activating group) is 1. The van der Waals surface area contributed by atoms with Gasteiger partial charge in [-0.1, -0.05) is 6.07 Å². The zero-order chi connectivity index (χ0) is 11.6. The van der Waals surface area contributed by atoms with Crippen LogP contribution in [-0.4, -0.2) is 24.9 Å². The molecule has 1 unspecified atom stereocenters. The number of halogens is 3. The highest BCUT2D eigenvalue weighted by Gasteiger charge is 2.20. The van der Waals surface area contributed by atoms with Crippen molar-refractivity contribution in [2.24, 2.45) is 0 Å². The normalized spacial score (nSPS) is 12.3. The Morgan fingerprint density at radius 2 is 1.93 bits per heavy atom. The molecule has 0 saturated carbocycles. The van der Waals surface area contributed by atoms with Crippen LogP contribution in [0.2, 0.25) is 0 Å². The lowest BCUT2D eigenvalue weighted by molar-refractivity contribution is -0.128. The Balaban J connectivity index is 2.97. The van der Waals surface area contributed by atoms with Gasteiger partial charge in [0.05, 0.1) is 0 Å². The number of alkyl halides is 1. The molecule has 1 atom stereocenters. The van der Waals surface area contributed by atoms with Gasteiger partial charge in [0.1, 0.15) is 5.38 Å². The Kier molecular flexibility index (Phi) is 3.63. The lowest BCUT2D eigenvalue weighted by Crippen LogP contribution is -2.25. The van der Waals surface area contributed by atoms with Crippen LogP contribution >= 0.6 is 11.6 Å². The summed E-state index contributed by atoms with van der Waals surface area (Å²) in [5.41, 5.74) is 0.245. The largest absolute Gasteiger partial charge is 0.347 e. The van der Waals surface area contributed by atoms with Gasteiger partial charge in [0.25, 0.3) is 0 Å². The first-order valence-corrected chi connectivity index (χ1v) is 4.67. The number of amides is 1. The van der Waals surface area contributed by atoms with Gasteiger partial charge in [0, 0.05) is 14.1 Å². The quantitative estimate of drug-likeness (QED) is 0.718. The topological polar surface area (TPSA) is 20.3 Å². The van der Waals surface area contributed by atoms with Crippen molar-refractivity contribution < 1.29 is 13.6 Å². The van der Waals surface area contributed by atoms with Crippen LogP contribution in [0, 0.1) is 11.6 Å². The molecule has 0 N–H and O–H groups in total. The van der Waals surface area contributed by atoms with Crippen molar-refractivity contribution in [3.63, 3.8) is 0 Å². The highest BCUT2D eigenvalue weighted by molar-refractivity contribution is 6.30. The molecule has 1 aromatic carbocycles. The molecule has 1 aromatic rings. The second kappa shape index (κ2) is 4.57. The molecule has 15 heavy (non-hydrogen) atoms. The molecule has 82 valence electrons. The zero-order valence-corrected chi connectivity index (χ0v) is 9.05. The summed E-state index contributed by atoms with van der Waals surface area (Å²) in [6, 6.07) is 3.16. The van der Waals surface area contributed by atoms with Crippen molar-refractivity contribution in [3.05, 3.63) is 35.4 Å². The average Bonchev–Trinajstić information content (AvgIpc) is 2.19. The van der Waals surface area contributed by atoms with E-state index in [1.807, 2.05) is 0 Å². The number of nitrogens with zero attached hydrogens (tertiary/aromatic N) is 1. The van der Waals surface area contributed by atoms with E-state index >= 15 is 0 Å². The van der Waals surface area contributed by atoms with Gasteiger partial charge in [0.15, 0.2) is 11.6 Å². The van der Waals surface area contributed by atoms with Crippen molar-refractivity contribution in [1.82, 2.24) is 4.90 Å². The fourth-order valence-electron chi connectivity index (χ4n) is 1.04. The molecule has 0 aliphatic heterocycles. The van der Waals surface area contributed by atoms with E-state index in [-0.39, 0.29) is 11.5 Å². The summed E-state index contributed by atoms with van der Waals surface area (Å²) in [5.74, 6) is -2.34. The zero-order valence-electron chi connectivity index (χ0n) is 8.30. The molecule has 0 heterocycles. The molecule has 1 amide bonds. The third-order valence-corrected chi connectivity index (χ3v) is 2.33. The fraction of sp³-hybridized carbons (Fsp3) is 0.300.